The number of aromatic amines is 1. The number of aromatic nitrogens is 1. The van der Waals surface area contributed by atoms with Crippen molar-refractivity contribution < 1.29 is 9.53 Å². The van der Waals surface area contributed by atoms with Crippen LogP contribution >= 0.6 is 13.5 Å². The van der Waals surface area contributed by atoms with Crippen molar-refractivity contribution in [3.8, 4) is 5.75 Å². The zero-order valence-corrected chi connectivity index (χ0v) is 12.5. The Labute approximate surface area is 120 Å². The van der Waals surface area contributed by atoms with Gasteiger partial charge < -0.3 is 14.6 Å². The molecule has 0 bridgehead atoms. The van der Waals surface area contributed by atoms with Gasteiger partial charge in [0.05, 0.1) is 0 Å². The summed E-state index contributed by atoms with van der Waals surface area (Å²) in [5.41, 5.74) is 2.18. The first-order valence-corrected chi connectivity index (χ1v) is 6.00. The summed E-state index contributed by atoms with van der Waals surface area (Å²) in [6, 6.07) is 5.70. The quantitative estimate of drug-likeness (QED) is 0.690. The van der Waals surface area contributed by atoms with Gasteiger partial charge in [-0.3, -0.25) is 4.79 Å². The van der Waals surface area contributed by atoms with Crippen molar-refractivity contribution in [2.24, 2.45) is 0 Å². The van der Waals surface area contributed by atoms with E-state index >= 15 is 0 Å². The van der Waals surface area contributed by atoms with Gasteiger partial charge in [-0.1, -0.05) is 6.07 Å². The molecule has 0 aliphatic carbocycles. The van der Waals surface area contributed by atoms with E-state index in [4.69, 9.17) is 4.74 Å². The summed E-state index contributed by atoms with van der Waals surface area (Å²) < 4.78 is 5.26. The molecule has 104 valence electrons. The van der Waals surface area contributed by atoms with Crippen LogP contribution in [0.4, 0.5) is 0 Å². The Morgan fingerprint density at radius 3 is 2.74 bits per heavy atom. The molecule has 0 amide bonds. The highest BCUT2D eigenvalue weighted by Crippen LogP contribution is 2.29. The summed E-state index contributed by atoms with van der Waals surface area (Å²) in [5.74, 6) is 0.345. The third-order valence-corrected chi connectivity index (χ3v) is 2.83. The summed E-state index contributed by atoms with van der Waals surface area (Å²) >= 11 is 0. The van der Waals surface area contributed by atoms with Crippen LogP contribution in [0, 0.1) is 0 Å². The first-order valence-electron chi connectivity index (χ1n) is 6.00. The average molecular weight is 280 g/mol. The Bertz CT molecular complexity index is 564. The van der Waals surface area contributed by atoms with Crippen LogP contribution < -0.4 is 4.74 Å². The molecule has 5 heteroatoms. The molecule has 4 nitrogen and oxygen atoms in total. The molecule has 0 aliphatic rings. The third-order valence-electron chi connectivity index (χ3n) is 2.83. The topological polar surface area (TPSA) is 45.3 Å². The lowest BCUT2D eigenvalue weighted by Crippen LogP contribution is -2.15. The predicted molar refractivity (Wildman–Crippen MR) is 82.2 cm³/mol. The minimum absolute atomic E-state index is 0. The largest absolute Gasteiger partial charge is 0.426 e. The van der Waals surface area contributed by atoms with Gasteiger partial charge >= 0.3 is 5.97 Å². The van der Waals surface area contributed by atoms with E-state index in [0.717, 1.165) is 23.9 Å². The number of esters is 1. The van der Waals surface area contributed by atoms with E-state index in [1.165, 1.54) is 12.5 Å². The zero-order chi connectivity index (χ0) is 13.1. The van der Waals surface area contributed by atoms with E-state index in [2.05, 4.69) is 9.88 Å². The summed E-state index contributed by atoms with van der Waals surface area (Å²) in [6.07, 6.45) is 2.91. The fourth-order valence-electron chi connectivity index (χ4n) is 2.00. The third kappa shape index (κ3) is 3.75. The van der Waals surface area contributed by atoms with Crippen molar-refractivity contribution in [2.75, 3.05) is 20.6 Å². The highest BCUT2D eigenvalue weighted by molar-refractivity contribution is 7.59. The number of benzene rings is 1. The maximum Gasteiger partial charge on any atom is 0.308 e. The van der Waals surface area contributed by atoms with Crippen LogP contribution in [0.5, 0.6) is 5.75 Å². The molecule has 0 atom stereocenters. The van der Waals surface area contributed by atoms with Gasteiger partial charge in [0.2, 0.25) is 0 Å². The van der Waals surface area contributed by atoms with Crippen molar-refractivity contribution in [3.05, 3.63) is 30.0 Å². The van der Waals surface area contributed by atoms with E-state index in [-0.39, 0.29) is 19.5 Å². The molecule has 0 fully saturated rings. The number of ether oxygens (including phenoxy) is 1. The maximum atomic E-state index is 11.1. The highest BCUT2D eigenvalue weighted by atomic mass is 32.1. The van der Waals surface area contributed by atoms with Gasteiger partial charge in [-0.25, -0.2) is 0 Å². The molecule has 0 aliphatic heterocycles. The molecular weight excluding hydrogens is 260 g/mol. The second-order valence-corrected chi connectivity index (χ2v) is 4.64. The summed E-state index contributed by atoms with van der Waals surface area (Å²) in [4.78, 5) is 16.5. The monoisotopic (exact) mass is 280 g/mol. The van der Waals surface area contributed by atoms with Crippen molar-refractivity contribution in [3.63, 3.8) is 0 Å². The second kappa shape index (κ2) is 6.63. The van der Waals surface area contributed by atoms with Crippen LogP contribution in [0.3, 0.4) is 0 Å². The van der Waals surface area contributed by atoms with Gasteiger partial charge in [0, 0.05) is 30.6 Å². The van der Waals surface area contributed by atoms with Crippen LogP contribution in [-0.2, 0) is 11.2 Å². The number of hydrogen-bond acceptors (Lipinski definition) is 3. The summed E-state index contributed by atoms with van der Waals surface area (Å²) in [7, 11) is 4.09. The van der Waals surface area contributed by atoms with Gasteiger partial charge in [0.25, 0.3) is 0 Å². The van der Waals surface area contributed by atoms with Gasteiger partial charge in [-0.05, 0) is 38.2 Å². The summed E-state index contributed by atoms with van der Waals surface area (Å²) in [6.45, 7) is 2.38. The Hall–Kier alpha value is -1.46. The van der Waals surface area contributed by atoms with Gasteiger partial charge in [0.1, 0.15) is 5.75 Å². The van der Waals surface area contributed by atoms with Crippen molar-refractivity contribution in [2.45, 2.75) is 13.3 Å². The number of likely N-dealkylation sites (N-methyl/N-ethyl adjacent to an activating group) is 1. The lowest BCUT2D eigenvalue weighted by Gasteiger charge is -2.09. The van der Waals surface area contributed by atoms with Crippen LogP contribution in [0.15, 0.2) is 24.4 Å². The first kappa shape index (κ1) is 15.6. The normalized spacial score (nSPS) is 10.5. The first-order chi connectivity index (χ1) is 8.58. The zero-order valence-electron chi connectivity index (χ0n) is 11.5. The average Bonchev–Trinajstić information content (AvgIpc) is 2.70. The minimum atomic E-state index is -0.290. The molecule has 2 aromatic rings. The Morgan fingerprint density at radius 2 is 2.11 bits per heavy atom. The van der Waals surface area contributed by atoms with Crippen LogP contribution in [0.2, 0.25) is 0 Å². The van der Waals surface area contributed by atoms with Crippen LogP contribution in [0.1, 0.15) is 12.5 Å². The molecule has 1 heterocycles. The van der Waals surface area contributed by atoms with E-state index in [1.54, 1.807) is 0 Å². The fourth-order valence-corrected chi connectivity index (χ4v) is 2.00. The van der Waals surface area contributed by atoms with Crippen molar-refractivity contribution >= 4 is 30.4 Å². The number of H-pyrrole nitrogens is 1. The maximum absolute atomic E-state index is 11.1. The van der Waals surface area contributed by atoms with Crippen LogP contribution in [-0.4, -0.2) is 36.5 Å². The lowest BCUT2D eigenvalue weighted by molar-refractivity contribution is -0.131. The number of rotatable bonds is 4. The van der Waals surface area contributed by atoms with Crippen molar-refractivity contribution in [1.82, 2.24) is 9.88 Å². The summed E-state index contributed by atoms with van der Waals surface area (Å²) in [5, 5.41) is 1.01. The molecule has 19 heavy (non-hydrogen) atoms. The molecule has 1 aromatic heterocycles. The SMILES string of the molecule is CC(=O)Oc1cccc2[nH]cc(CCN(C)C)c12.S. The number of carbonyl (C=O) groups excluding carboxylic acids is 1. The van der Waals surface area contributed by atoms with Crippen LogP contribution in [0.25, 0.3) is 10.9 Å². The molecule has 0 radical (unpaired) electrons. The van der Waals surface area contributed by atoms with Gasteiger partial charge in [-0.2, -0.15) is 13.5 Å². The molecule has 0 saturated carbocycles. The Balaban J connectivity index is 0.00000180. The highest BCUT2D eigenvalue weighted by Gasteiger charge is 2.11. The smallest absolute Gasteiger partial charge is 0.308 e. The minimum Gasteiger partial charge on any atom is -0.426 e. The number of hydrogen-bond donors (Lipinski definition) is 1. The van der Waals surface area contributed by atoms with Gasteiger partial charge in [-0.15, -0.1) is 0 Å². The standard InChI is InChI=1S/C14H18N2O2.H2S/c1-10(17)18-13-6-4-5-12-14(13)11(9-15-12)7-8-16(2)3;/h4-6,9,15H,7-8H2,1-3H3;1H2. The van der Waals surface area contributed by atoms with E-state index in [0.29, 0.717) is 5.75 Å². The molecule has 0 saturated heterocycles. The molecule has 2 rings (SSSR count). The van der Waals surface area contributed by atoms with E-state index in [1.807, 2.05) is 38.5 Å². The predicted octanol–water partition coefficient (Wildman–Crippen LogP) is 2.31. The number of nitrogens with one attached hydrogen (secondary N) is 1. The molecule has 1 N–H and O–H groups in total. The number of carbonyl (C=O) groups is 1. The Kier molecular flexibility index (Phi) is 5.44. The number of nitrogens with zero attached hydrogens (tertiary/aromatic N) is 1. The number of fused-ring (bicyclic) bond motifs is 1. The molecule has 1 aromatic carbocycles. The Morgan fingerprint density at radius 1 is 1.37 bits per heavy atom. The van der Waals surface area contributed by atoms with E-state index in [9.17, 15) is 4.79 Å². The molecule has 0 spiro atoms. The molecular formula is C14H20N2O2S. The van der Waals surface area contributed by atoms with E-state index < -0.39 is 0 Å². The van der Waals surface area contributed by atoms with Crippen molar-refractivity contribution in [1.29, 1.82) is 0 Å². The molecule has 0 unspecified atom stereocenters. The van der Waals surface area contributed by atoms with Gasteiger partial charge in [0.15, 0.2) is 0 Å². The second-order valence-electron chi connectivity index (χ2n) is 4.64. The lowest BCUT2D eigenvalue weighted by atomic mass is 10.1. The fraction of sp³-hybridized carbons (Fsp3) is 0.357.